The highest BCUT2D eigenvalue weighted by Crippen LogP contribution is 2.37. The van der Waals surface area contributed by atoms with E-state index in [1.807, 2.05) is 38.1 Å². The number of fused-ring (bicyclic) bond motifs is 1. The van der Waals surface area contributed by atoms with E-state index in [9.17, 15) is 13.2 Å². The molecule has 2 aromatic heterocycles. The van der Waals surface area contributed by atoms with E-state index in [1.165, 1.54) is 21.7 Å². The van der Waals surface area contributed by atoms with E-state index < -0.39 is 15.9 Å². The Bertz CT molecular complexity index is 1320. The lowest BCUT2D eigenvalue weighted by atomic mass is 9.98. The van der Waals surface area contributed by atoms with Crippen molar-refractivity contribution in [3.63, 3.8) is 0 Å². The predicted molar refractivity (Wildman–Crippen MR) is 143 cm³/mol. The summed E-state index contributed by atoms with van der Waals surface area (Å²) in [5, 5.41) is 0.601. The van der Waals surface area contributed by atoms with E-state index in [-0.39, 0.29) is 16.7 Å². The molecule has 1 fully saturated rings. The second kappa shape index (κ2) is 10.7. The van der Waals surface area contributed by atoms with Crippen LogP contribution in [0.4, 0.5) is 5.13 Å². The van der Waals surface area contributed by atoms with Crippen molar-refractivity contribution < 1.29 is 17.9 Å². The van der Waals surface area contributed by atoms with Crippen molar-refractivity contribution >= 4 is 65.6 Å². The first-order chi connectivity index (χ1) is 16.6. The second-order valence-corrected chi connectivity index (χ2v) is 13.7. The SMILES string of the molecule is COc1ccc(C)c2sc(N(CCN(C)C)C(=O)C3CCCN(S(=O)(=O)c4ccc(Cl)s4)C3)nc12. The monoisotopic (exact) mass is 556 g/mol. The van der Waals surface area contributed by atoms with Crippen molar-refractivity contribution in [2.24, 2.45) is 5.92 Å². The number of sulfonamides is 1. The molecule has 3 aromatic rings. The average Bonchev–Trinajstić information content (AvgIpc) is 3.47. The van der Waals surface area contributed by atoms with Gasteiger partial charge < -0.3 is 9.64 Å². The quantitative estimate of drug-likeness (QED) is 0.411. The lowest BCUT2D eigenvalue weighted by Gasteiger charge is -2.33. The third-order valence-corrected chi connectivity index (χ3v) is 10.8. The maximum absolute atomic E-state index is 13.8. The van der Waals surface area contributed by atoms with Gasteiger partial charge in [-0.05, 0) is 57.6 Å². The number of ether oxygens (including phenoxy) is 1. The summed E-state index contributed by atoms with van der Waals surface area (Å²) in [4.78, 5) is 22.4. The topological polar surface area (TPSA) is 83.0 Å². The van der Waals surface area contributed by atoms with Gasteiger partial charge in [0.25, 0.3) is 10.0 Å². The van der Waals surface area contributed by atoms with Crippen LogP contribution in [0, 0.1) is 12.8 Å². The number of halogens is 1. The molecule has 4 rings (SSSR count). The summed E-state index contributed by atoms with van der Waals surface area (Å²) in [7, 11) is 1.81. The molecule has 0 aliphatic carbocycles. The first kappa shape index (κ1) is 26.3. The van der Waals surface area contributed by atoms with Crippen LogP contribution < -0.4 is 9.64 Å². The molecule has 35 heavy (non-hydrogen) atoms. The molecule has 0 radical (unpaired) electrons. The standard InChI is InChI=1S/C23H29ClN4O4S3/c1-15-7-8-17(32-4)20-21(15)34-23(25-20)28(13-12-26(2)3)22(29)16-6-5-11-27(14-16)35(30,31)19-10-9-18(24)33-19/h7-10,16H,5-6,11-14H2,1-4H3. The van der Waals surface area contributed by atoms with Crippen LogP contribution in [0.3, 0.4) is 0 Å². The highest BCUT2D eigenvalue weighted by molar-refractivity contribution is 7.91. The Kier molecular flexibility index (Phi) is 8.04. The summed E-state index contributed by atoms with van der Waals surface area (Å²) >= 11 is 8.47. The number of methoxy groups -OCH3 is 1. The number of hydrogen-bond acceptors (Lipinski definition) is 8. The molecular weight excluding hydrogens is 528 g/mol. The number of aromatic nitrogens is 1. The molecule has 0 N–H and O–H groups in total. The molecule has 1 atom stereocenters. The Morgan fingerprint density at radius 1 is 1.23 bits per heavy atom. The smallest absolute Gasteiger partial charge is 0.252 e. The minimum absolute atomic E-state index is 0.105. The first-order valence-electron chi connectivity index (χ1n) is 11.3. The number of thiazole rings is 1. The Morgan fingerprint density at radius 3 is 2.66 bits per heavy atom. The molecule has 1 aromatic carbocycles. The molecule has 0 saturated carbocycles. The van der Waals surface area contributed by atoms with Crippen molar-refractivity contribution in [3.8, 4) is 5.75 Å². The summed E-state index contributed by atoms with van der Waals surface area (Å²) in [5.41, 5.74) is 1.80. The molecule has 1 aliphatic heterocycles. The third-order valence-electron chi connectivity index (χ3n) is 6.06. The number of benzene rings is 1. The minimum atomic E-state index is -3.70. The van der Waals surface area contributed by atoms with Gasteiger partial charge >= 0.3 is 0 Å². The molecule has 1 aliphatic rings. The van der Waals surface area contributed by atoms with Gasteiger partial charge in [0.05, 0.1) is 22.1 Å². The molecule has 1 amide bonds. The van der Waals surface area contributed by atoms with Crippen molar-refractivity contribution in [1.29, 1.82) is 0 Å². The zero-order valence-electron chi connectivity index (χ0n) is 20.2. The van der Waals surface area contributed by atoms with Gasteiger partial charge in [0.1, 0.15) is 15.5 Å². The Hall–Kier alpha value is -1.76. The molecule has 190 valence electrons. The summed E-state index contributed by atoms with van der Waals surface area (Å²) < 4.78 is 34.9. The van der Waals surface area contributed by atoms with E-state index in [0.29, 0.717) is 47.7 Å². The third kappa shape index (κ3) is 5.50. The van der Waals surface area contributed by atoms with Crippen molar-refractivity contribution in [2.45, 2.75) is 24.0 Å². The van der Waals surface area contributed by atoms with E-state index in [2.05, 4.69) is 0 Å². The van der Waals surface area contributed by atoms with Gasteiger partial charge in [0.2, 0.25) is 5.91 Å². The summed E-state index contributed by atoms with van der Waals surface area (Å²) in [5.74, 6) is 0.107. The Balaban J connectivity index is 1.64. The number of piperidine rings is 1. The maximum Gasteiger partial charge on any atom is 0.252 e. The number of thiophene rings is 1. The highest BCUT2D eigenvalue weighted by Gasteiger charge is 2.37. The second-order valence-electron chi connectivity index (χ2n) is 8.81. The minimum Gasteiger partial charge on any atom is -0.494 e. The number of likely N-dealkylation sites (N-methyl/N-ethyl adjacent to an activating group) is 1. The summed E-state index contributed by atoms with van der Waals surface area (Å²) in [6.07, 6.45) is 1.24. The lowest BCUT2D eigenvalue weighted by Crippen LogP contribution is -2.48. The van der Waals surface area contributed by atoms with Crippen LogP contribution in [0.1, 0.15) is 18.4 Å². The number of hydrogen-bond donors (Lipinski definition) is 0. The van der Waals surface area contributed by atoms with Crippen LogP contribution in [0.5, 0.6) is 5.75 Å². The van der Waals surface area contributed by atoms with Crippen LogP contribution in [-0.2, 0) is 14.8 Å². The molecular formula is C23H29ClN4O4S3. The van der Waals surface area contributed by atoms with Gasteiger partial charge in [-0.15, -0.1) is 11.3 Å². The number of nitrogens with zero attached hydrogens (tertiary/aromatic N) is 4. The van der Waals surface area contributed by atoms with Gasteiger partial charge in [0.15, 0.2) is 5.13 Å². The number of carbonyl (C=O) groups excluding carboxylic acids is 1. The molecule has 12 heteroatoms. The number of anilines is 1. The van der Waals surface area contributed by atoms with Crippen LogP contribution in [0.2, 0.25) is 4.34 Å². The van der Waals surface area contributed by atoms with Gasteiger partial charge in [-0.3, -0.25) is 9.69 Å². The lowest BCUT2D eigenvalue weighted by molar-refractivity contribution is -0.123. The van der Waals surface area contributed by atoms with Gasteiger partial charge in [0, 0.05) is 26.2 Å². The molecule has 1 unspecified atom stereocenters. The van der Waals surface area contributed by atoms with Crippen LogP contribution >= 0.6 is 34.3 Å². The molecule has 8 nitrogen and oxygen atoms in total. The van der Waals surface area contributed by atoms with Crippen LogP contribution in [0.25, 0.3) is 10.2 Å². The number of aryl methyl sites for hydroxylation is 1. The zero-order chi connectivity index (χ0) is 25.3. The van der Waals surface area contributed by atoms with E-state index in [1.54, 1.807) is 18.1 Å². The average molecular weight is 557 g/mol. The number of amides is 1. The molecule has 3 heterocycles. The van der Waals surface area contributed by atoms with Gasteiger partial charge in [-0.1, -0.05) is 29.0 Å². The Labute approximate surface area is 219 Å². The van der Waals surface area contributed by atoms with Crippen molar-refractivity contribution in [2.75, 3.05) is 52.3 Å². The summed E-state index contributed by atoms with van der Waals surface area (Å²) in [6.45, 7) is 3.65. The van der Waals surface area contributed by atoms with Crippen LogP contribution in [0.15, 0.2) is 28.5 Å². The van der Waals surface area contributed by atoms with Gasteiger partial charge in [-0.25, -0.2) is 13.4 Å². The molecule has 0 spiro atoms. The van der Waals surface area contributed by atoms with Gasteiger partial charge in [-0.2, -0.15) is 4.31 Å². The number of carbonyl (C=O) groups is 1. The fourth-order valence-corrected chi connectivity index (χ4v) is 8.37. The van der Waals surface area contributed by atoms with E-state index >= 15 is 0 Å². The fourth-order valence-electron chi connectivity index (χ4n) is 4.12. The zero-order valence-corrected chi connectivity index (χ0v) is 23.4. The highest BCUT2D eigenvalue weighted by atomic mass is 35.5. The predicted octanol–water partition coefficient (Wildman–Crippen LogP) is 4.32. The fraction of sp³-hybridized carbons (Fsp3) is 0.478. The first-order valence-corrected chi connectivity index (χ1v) is 14.7. The maximum atomic E-state index is 13.8. The van der Waals surface area contributed by atoms with Crippen LogP contribution in [-0.4, -0.2) is 75.9 Å². The van der Waals surface area contributed by atoms with E-state index in [0.717, 1.165) is 27.1 Å². The molecule has 1 saturated heterocycles. The van der Waals surface area contributed by atoms with E-state index in [4.69, 9.17) is 21.3 Å². The van der Waals surface area contributed by atoms with Crippen molar-refractivity contribution in [1.82, 2.24) is 14.2 Å². The molecule has 0 bridgehead atoms. The van der Waals surface area contributed by atoms with Crippen molar-refractivity contribution in [3.05, 3.63) is 34.2 Å². The normalized spacial score (nSPS) is 17.3. The largest absolute Gasteiger partial charge is 0.494 e. The Morgan fingerprint density at radius 2 is 2.00 bits per heavy atom. The number of rotatable bonds is 8. The summed E-state index contributed by atoms with van der Waals surface area (Å²) in [6, 6.07) is 6.97.